The van der Waals surface area contributed by atoms with Crippen molar-refractivity contribution in [2.24, 2.45) is 0 Å². The average Bonchev–Trinajstić information content (AvgIpc) is 2.19. The van der Waals surface area contributed by atoms with Gasteiger partial charge in [-0.15, -0.1) is 0 Å². The van der Waals surface area contributed by atoms with E-state index in [2.05, 4.69) is 0 Å². The summed E-state index contributed by atoms with van der Waals surface area (Å²) < 4.78 is 0. The summed E-state index contributed by atoms with van der Waals surface area (Å²) in [6, 6.07) is 9.23. The predicted molar refractivity (Wildman–Crippen MR) is 57.7 cm³/mol. The SMILES string of the molecule is CCC(c1ccccc1)C(C)(O)C(=O)O. The first-order valence-electron chi connectivity index (χ1n) is 5.00. The molecule has 0 radical (unpaired) electrons. The molecule has 15 heavy (non-hydrogen) atoms. The predicted octanol–water partition coefficient (Wildman–Crippen LogP) is 2.02. The van der Waals surface area contributed by atoms with Crippen LogP contribution in [0.25, 0.3) is 0 Å². The Morgan fingerprint density at radius 2 is 1.93 bits per heavy atom. The van der Waals surface area contributed by atoms with Gasteiger partial charge in [0.15, 0.2) is 5.60 Å². The van der Waals surface area contributed by atoms with Crippen molar-refractivity contribution in [1.82, 2.24) is 0 Å². The van der Waals surface area contributed by atoms with Gasteiger partial charge in [0.25, 0.3) is 0 Å². The standard InChI is InChI=1S/C12H16O3/c1-3-10(12(2,15)11(13)14)9-7-5-4-6-8-9/h4-8,10,15H,3H2,1-2H3,(H,13,14). The minimum Gasteiger partial charge on any atom is -0.479 e. The Morgan fingerprint density at radius 1 is 1.40 bits per heavy atom. The van der Waals surface area contributed by atoms with E-state index in [-0.39, 0.29) is 5.92 Å². The van der Waals surface area contributed by atoms with Crippen molar-refractivity contribution >= 4 is 5.97 Å². The van der Waals surface area contributed by atoms with E-state index in [1.165, 1.54) is 6.92 Å². The van der Waals surface area contributed by atoms with E-state index < -0.39 is 11.6 Å². The van der Waals surface area contributed by atoms with E-state index in [0.717, 1.165) is 5.56 Å². The van der Waals surface area contributed by atoms with Gasteiger partial charge in [0, 0.05) is 5.92 Å². The molecule has 3 nitrogen and oxygen atoms in total. The third-order valence-electron chi connectivity index (χ3n) is 2.72. The number of carboxylic acids is 1. The average molecular weight is 208 g/mol. The van der Waals surface area contributed by atoms with Crippen LogP contribution in [0.2, 0.25) is 0 Å². The Labute approximate surface area is 89.4 Å². The molecule has 0 saturated heterocycles. The molecule has 0 spiro atoms. The van der Waals surface area contributed by atoms with E-state index in [1.54, 1.807) is 0 Å². The van der Waals surface area contributed by atoms with Crippen molar-refractivity contribution in [3.05, 3.63) is 35.9 Å². The summed E-state index contributed by atoms with van der Waals surface area (Å²) in [5, 5.41) is 18.9. The largest absolute Gasteiger partial charge is 0.479 e. The van der Waals surface area contributed by atoms with Crippen LogP contribution in [0.4, 0.5) is 0 Å². The first-order chi connectivity index (χ1) is 7.00. The molecule has 0 saturated carbocycles. The van der Waals surface area contributed by atoms with E-state index >= 15 is 0 Å². The minimum absolute atomic E-state index is 0.379. The van der Waals surface area contributed by atoms with Crippen LogP contribution in [0.3, 0.4) is 0 Å². The highest BCUT2D eigenvalue weighted by Gasteiger charge is 2.39. The van der Waals surface area contributed by atoms with Crippen molar-refractivity contribution < 1.29 is 15.0 Å². The van der Waals surface area contributed by atoms with Gasteiger partial charge in [0.2, 0.25) is 0 Å². The molecule has 3 heteroatoms. The molecule has 82 valence electrons. The van der Waals surface area contributed by atoms with E-state index in [9.17, 15) is 9.90 Å². The van der Waals surface area contributed by atoms with Gasteiger partial charge in [0.05, 0.1) is 0 Å². The molecular formula is C12H16O3. The van der Waals surface area contributed by atoms with Gasteiger partial charge in [-0.1, -0.05) is 37.3 Å². The minimum atomic E-state index is -1.71. The van der Waals surface area contributed by atoms with Crippen LogP contribution in [0.1, 0.15) is 31.7 Å². The third kappa shape index (κ3) is 2.36. The summed E-state index contributed by atoms with van der Waals surface area (Å²) >= 11 is 0. The van der Waals surface area contributed by atoms with Crippen LogP contribution in [0.5, 0.6) is 0 Å². The number of benzene rings is 1. The van der Waals surface area contributed by atoms with E-state index in [1.807, 2.05) is 37.3 Å². The molecule has 0 fully saturated rings. The Bertz CT molecular complexity index is 330. The molecule has 1 aromatic carbocycles. The Morgan fingerprint density at radius 3 is 2.33 bits per heavy atom. The van der Waals surface area contributed by atoms with Gasteiger partial charge in [0.1, 0.15) is 0 Å². The van der Waals surface area contributed by atoms with Crippen LogP contribution < -0.4 is 0 Å². The van der Waals surface area contributed by atoms with Crippen molar-refractivity contribution in [2.45, 2.75) is 31.8 Å². The fraction of sp³-hybridized carbons (Fsp3) is 0.417. The number of hydrogen-bond donors (Lipinski definition) is 2. The highest BCUT2D eigenvalue weighted by atomic mass is 16.4. The summed E-state index contributed by atoms with van der Waals surface area (Å²) in [5.74, 6) is -1.56. The number of carboxylic acid groups (broad SMARTS) is 1. The van der Waals surface area contributed by atoms with Crippen molar-refractivity contribution in [3.63, 3.8) is 0 Å². The third-order valence-corrected chi connectivity index (χ3v) is 2.72. The summed E-state index contributed by atoms with van der Waals surface area (Å²) in [6.07, 6.45) is 0.587. The highest BCUT2D eigenvalue weighted by molar-refractivity contribution is 5.78. The highest BCUT2D eigenvalue weighted by Crippen LogP contribution is 2.31. The van der Waals surface area contributed by atoms with Crippen LogP contribution in [0, 0.1) is 0 Å². The van der Waals surface area contributed by atoms with Crippen LogP contribution >= 0.6 is 0 Å². The van der Waals surface area contributed by atoms with Gasteiger partial charge in [-0.2, -0.15) is 0 Å². The number of rotatable bonds is 4. The Hall–Kier alpha value is -1.35. The number of carbonyl (C=O) groups is 1. The van der Waals surface area contributed by atoms with Crippen LogP contribution in [-0.2, 0) is 4.79 Å². The molecule has 1 rings (SSSR count). The van der Waals surface area contributed by atoms with Gasteiger partial charge in [-0.25, -0.2) is 4.79 Å². The fourth-order valence-electron chi connectivity index (χ4n) is 1.79. The lowest BCUT2D eigenvalue weighted by Gasteiger charge is -2.28. The lowest BCUT2D eigenvalue weighted by Crippen LogP contribution is -2.41. The van der Waals surface area contributed by atoms with Gasteiger partial charge in [-0.05, 0) is 18.9 Å². The molecule has 0 bridgehead atoms. The van der Waals surface area contributed by atoms with Crippen molar-refractivity contribution in [3.8, 4) is 0 Å². The summed E-state index contributed by atoms with van der Waals surface area (Å²) in [6.45, 7) is 3.21. The number of hydrogen-bond acceptors (Lipinski definition) is 2. The van der Waals surface area contributed by atoms with Gasteiger partial charge >= 0.3 is 5.97 Å². The fourth-order valence-corrected chi connectivity index (χ4v) is 1.79. The van der Waals surface area contributed by atoms with Crippen molar-refractivity contribution in [1.29, 1.82) is 0 Å². The summed E-state index contributed by atoms with van der Waals surface area (Å²) in [4.78, 5) is 10.9. The zero-order valence-corrected chi connectivity index (χ0v) is 8.97. The summed E-state index contributed by atoms with van der Waals surface area (Å²) in [5.41, 5.74) is -0.858. The van der Waals surface area contributed by atoms with Crippen molar-refractivity contribution in [2.75, 3.05) is 0 Å². The molecule has 0 aliphatic carbocycles. The monoisotopic (exact) mass is 208 g/mol. The Balaban J connectivity index is 3.05. The second kappa shape index (κ2) is 4.45. The molecule has 0 heterocycles. The van der Waals surface area contributed by atoms with E-state index in [4.69, 9.17) is 5.11 Å². The molecule has 0 aromatic heterocycles. The van der Waals surface area contributed by atoms with E-state index in [0.29, 0.717) is 6.42 Å². The van der Waals surface area contributed by atoms with Crippen LogP contribution in [0.15, 0.2) is 30.3 Å². The first kappa shape index (κ1) is 11.7. The number of aliphatic hydroxyl groups is 1. The molecule has 0 aliphatic rings. The maximum atomic E-state index is 10.9. The Kier molecular flexibility index (Phi) is 3.48. The second-order valence-corrected chi connectivity index (χ2v) is 3.82. The molecule has 2 N–H and O–H groups in total. The zero-order valence-electron chi connectivity index (χ0n) is 8.97. The summed E-state index contributed by atoms with van der Waals surface area (Å²) in [7, 11) is 0. The molecular weight excluding hydrogens is 192 g/mol. The normalized spacial score (nSPS) is 16.7. The smallest absolute Gasteiger partial charge is 0.336 e. The maximum absolute atomic E-state index is 10.9. The lowest BCUT2D eigenvalue weighted by atomic mass is 9.81. The first-order valence-corrected chi connectivity index (χ1v) is 5.00. The molecule has 0 amide bonds. The molecule has 1 aromatic rings. The zero-order chi connectivity index (χ0) is 11.5. The topological polar surface area (TPSA) is 57.5 Å². The van der Waals surface area contributed by atoms with Crippen LogP contribution in [-0.4, -0.2) is 21.8 Å². The van der Waals surface area contributed by atoms with Gasteiger partial charge < -0.3 is 10.2 Å². The number of aliphatic carboxylic acids is 1. The quantitative estimate of drug-likeness (QED) is 0.795. The molecule has 2 atom stereocenters. The maximum Gasteiger partial charge on any atom is 0.336 e. The molecule has 0 aliphatic heterocycles. The molecule has 2 unspecified atom stereocenters. The van der Waals surface area contributed by atoms with Gasteiger partial charge in [-0.3, -0.25) is 0 Å². The lowest BCUT2D eigenvalue weighted by molar-refractivity contribution is -0.159. The second-order valence-electron chi connectivity index (χ2n) is 3.82.